The summed E-state index contributed by atoms with van der Waals surface area (Å²) in [6.07, 6.45) is -0.486. The lowest BCUT2D eigenvalue weighted by molar-refractivity contribution is 0.199. The van der Waals surface area contributed by atoms with E-state index in [0.29, 0.717) is 5.02 Å². The van der Waals surface area contributed by atoms with E-state index < -0.39 is 6.10 Å². The number of hydrogen-bond acceptors (Lipinski definition) is 2. The van der Waals surface area contributed by atoms with Gasteiger partial charge in [0.25, 0.3) is 0 Å². The van der Waals surface area contributed by atoms with Crippen LogP contribution in [0, 0.1) is 6.92 Å². The molecular weight excluding hydrogens is 264 g/mol. The van der Waals surface area contributed by atoms with Crippen LogP contribution in [0.4, 0.5) is 0 Å². The molecule has 3 heteroatoms. The van der Waals surface area contributed by atoms with Gasteiger partial charge in [-0.15, -0.1) is 0 Å². The molecule has 94 valence electrons. The summed E-state index contributed by atoms with van der Waals surface area (Å²) in [5.74, 6) is 0. The zero-order chi connectivity index (χ0) is 13.1. The topological polar surface area (TPSA) is 20.2 Å². The largest absolute Gasteiger partial charge is 0.389 e. The van der Waals surface area contributed by atoms with Crippen molar-refractivity contribution in [1.82, 2.24) is 0 Å². The molecule has 0 radical (unpaired) electrons. The first-order valence-electron chi connectivity index (χ1n) is 5.78. The van der Waals surface area contributed by atoms with Crippen LogP contribution in [0.25, 0.3) is 0 Å². The van der Waals surface area contributed by atoms with E-state index in [0.717, 1.165) is 10.5 Å². The maximum Gasteiger partial charge on any atom is 0.0762 e. The van der Waals surface area contributed by atoms with Gasteiger partial charge < -0.3 is 5.11 Å². The molecule has 18 heavy (non-hydrogen) atoms. The van der Waals surface area contributed by atoms with E-state index in [2.05, 4.69) is 25.1 Å². The summed E-state index contributed by atoms with van der Waals surface area (Å²) in [5, 5.41) is 10.2. The maximum atomic E-state index is 9.50. The van der Waals surface area contributed by atoms with Gasteiger partial charge in [-0.1, -0.05) is 47.1 Å². The number of rotatable bonds is 3. The minimum Gasteiger partial charge on any atom is -0.389 e. The number of aliphatic hydroxyl groups is 1. The van der Waals surface area contributed by atoms with Crippen molar-refractivity contribution < 1.29 is 5.11 Å². The van der Waals surface area contributed by atoms with Crippen molar-refractivity contribution in [3.05, 3.63) is 58.6 Å². The van der Waals surface area contributed by atoms with Crippen LogP contribution in [0.3, 0.4) is 0 Å². The molecule has 0 bridgehead atoms. The van der Waals surface area contributed by atoms with Crippen LogP contribution in [0.15, 0.2) is 52.3 Å². The zero-order valence-electron chi connectivity index (χ0n) is 10.4. The molecule has 0 aliphatic rings. The number of aryl methyl sites for hydroxylation is 1. The smallest absolute Gasteiger partial charge is 0.0762 e. The maximum absolute atomic E-state index is 9.50. The second-order valence-electron chi connectivity index (χ2n) is 4.28. The van der Waals surface area contributed by atoms with E-state index >= 15 is 0 Å². The van der Waals surface area contributed by atoms with Gasteiger partial charge in [0.15, 0.2) is 0 Å². The van der Waals surface area contributed by atoms with Crippen molar-refractivity contribution in [2.75, 3.05) is 0 Å². The molecule has 0 saturated carbocycles. The lowest BCUT2D eigenvalue weighted by Crippen LogP contribution is -1.90. The predicted molar refractivity (Wildman–Crippen MR) is 77.4 cm³/mol. The van der Waals surface area contributed by atoms with Crippen molar-refractivity contribution in [1.29, 1.82) is 0 Å². The third kappa shape index (κ3) is 3.29. The van der Waals surface area contributed by atoms with E-state index in [1.807, 2.05) is 24.3 Å². The number of halogens is 1. The molecule has 2 aromatic rings. The average Bonchev–Trinajstić information content (AvgIpc) is 2.31. The normalized spacial score (nSPS) is 12.4. The molecule has 0 aliphatic carbocycles. The summed E-state index contributed by atoms with van der Waals surface area (Å²) in [6.45, 7) is 3.81. The zero-order valence-corrected chi connectivity index (χ0v) is 11.9. The van der Waals surface area contributed by atoms with Crippen molar-refractivity contribution in [3.63, 3.8) is 0 Å². The van der Waals surface area contributed by atoms with Gasteiger partial charge in [-0.05, 0) is 43.7 Å². The summed E-state index contributed by atoms with van der Waals surface area (Å²) in [5.41, 5.74) is 2.07. The molecular formula is C15H15ClOS. The average molecular weight is 279 g/mol. The Morgan fingerprint density at radius 2 is 1.94 bits per heavy atom. The first-order chi connectivity index (χ1) is 8.56. The van der Waals surface area contributed by atoms with Crippen LogP contribution < -0.4 is 0 Å². The van der Waals surface area contributed by atoms with Gasteiger partial charge in [0.05, 0.1) is 11.1 Å². The molecule has 2 aromatic carbocycles. The molecule has 0 saturated heterocycles. The molecule has 0 fully saturated rings. The van der Waals surface area contributed by atoms with E-state index in [1.54, 1.807) is 18.7 Å². The molecule has 1 N–H and O–H groups in total. The molecule has 0 amide bonds. The van der Waals surface area contributed by atoms with Crippen LogP contribution >= 0.6 is 23.4 Å². The molecule has 0 heterocycles. The van der Waals surface area contributed by atoms with Gasteiger partial charge in [-0.3, -0.25) is 0 Å². The highest BCUT2D eigenvalue weighted by atomic mass is 35.5. The fourth-order valence-electron chi connectivity index (χ4n) is 1.67. The highest BCUT2D eigenvalue weighted by molar-refractivity contribution is 7.99. The Bertz CT molecular complexity index is 552. The lowest BCUT2D eigenvalue weighted by atomic mass is 10.1. The second-order valence-corrected chi connectivity index (χ2v) is 5.81. The number of benzene rings is 2. The van der Waals surface area contributed by atoms with Crippen LogP contribution in [0.1, 0.15) is 24.2 Å². The van der Waals surface area contributed by atoms with Crippen molar-refractivity contribution in [2.24, 2.45) is 0 Å². The Kier molecular flexibility index (Phi) is 4.33. The summed E-state index contributed by atoms with van der Waals surface area (Å²) in [4.78, 5) is 2.17. The highest BCUT2D eigenvalue weighted by Gasteiger charge is 2.07. The SMILES string of the molecule is Cc1cccc(Sc2ccc([C@H](C)O)cc2Cl)c1. The standard InChI is InChI=1S/C15H15ClOS/c1-10-4-3-5-13(8-10)18-15-7-6-12(11(2)17)9-14(15)16/h3-9,11,17H,1-2H3/t11-/m0/s1. The van der Waals surface area contributed by atoms with Gasteiger partial charge in [0.2, 0.25) is 0 Å². The fourth-order valence-corrected chi connectivity index (χ4v) is 2.91. The quantitative estimate of drug-likeness (QED) is 0.866. The van der Waals surface area contributed by atoms with Crippen LogP contribution in [0.2, 0.25) is 5.02 Å². The third-order valence-corrected chi connectivity index (χ3v) is 4.15. The molecule has 1 atom stereocenters. The molecule has 0 unspecified atom stereocenters. The molecule has 0 aromatic heterocycles. The van der Waals surface area contributed by atoms with Gasteiger partial charge >= 0.3 is 0 Å². The summed E-state index contributed by atoms with van der Waals surface area (Å²) >= 11 is 7.87. The van der Waals surface area contributed by atoms with Crippen molar-refractivity contribution in [3.8, 4) is 0 Å². The van der Waals surface area contributed by atoms with E-state index in [1.165, 1.54) is 10.5 Å². The van der Waals surface area contributed by atoms with Crippen LogP contribution in [-0.4, -0.2) is 5.11 Å². The molecule has 1 nitrogen and oxygen atoms in total. The van der Waals surface area contributed by atoms with E-state index in [9.17, 15) is 5.11 Å². The van der Waals surface area contributed by atoms with E-state index in [4.69, 9.17) is 11.6 Å². The molecule has 0 spiro atoms. The summed E-state index contributed by atoms with van der Waals surface area (Å²) < 4.78 is 0. The number of hydrogen-bond donors (Lipinski definition) is 1. The van der Waals surface area contributed by atoms with E-state index in [-0.39, 0.29) is 0 Å². The minimum absolute atomic E-state index is 0.486. The second kappa shape index (κ2) is 5.79. The Balaban J connectivity index is 2.24. The monoisotopic (exact) mass is 278 g/mol. The minimum atomic E-state index is -0.486. The van der Waals surface area contributed by atoms with Gasteiger partial charge in [-0.25, -0.2) is 0 Å². The van der Waals surface area contributed by atoms with Gasteiger partial charge in [0, 0.05) is 9.79 Å². The van der Waals surface area contributed by atoms with Crippen LogP contribution in [0.5, 0.6) is 0 Å². The lowest BCUT2D eigenvalue weighted by Gasteiger charge is -2.09. The Hall–Kier alpha value is -0.960. The Morgan fingerprint density at radius 1 is 1.17 bits per heavy atom. The van der Waals surface area contributed by atoms with Crippen LogP contribution in [-0.2, 0) is 0 Å². The Morgan fingerprint density at radius 3 is 2.56 bits per heavy atom. The van der Waals surface area contributed by atoms with Gasteiger partial charge in [-0.2, -0.15) is 0 Å². The summed E-state index contributed by atoms with van der Waals surface area (Å²) in [7, 11) is 0. The summed E-state index contributed by atoms with van der Waals surface area (Å²) in [6, 6.07) is 14.0. The number of aliphatic hydroxyl groups excluding tert-OH is 1. The van der Waals surface area contributed by atoms with Crippen molar-refractivity contribution >= 4 is 23.4 Å². The first-order valence-corrected chi connectivity index (χ1v) is 6.98. The molecule has 2 rings (SSSR count). The fraction of sp³-hybridized carbons (Fsp3) is 0.200. The molecule has 0 aliphatic heterocycles. The van der Waals surface area contributed by atoms with Crippen molar-refractivity contribution in [2.45, 2.75) is 29.7 Å². The van der Waals surface area contributed by atoms with Gasteiger partial charge in [0.1, 0.15) is 0 Å². The highest BCUT2D eigenvalue weighted by Crippen LogP contribution is 2.34. The first kappa shape index (κ1) is 13.5. The third-order valence-electron chi connectivity index (χ3n) is 2.66. The Labute approximate surface area is 117 Å². The predicted octanol–water partition coefficient (Wildman–Crippen LogP) is 4.85.